The van der Waals surface area contributed by atoms with E-state index < -0.39 is 0 Å². The Kier molecular flexibility index (Phi) is 3.30. The number of anilines is 1. The smallest absolute Gasteiger partial charge is 0.0578 e. The Balaban J connectivity index is 2.15. The molecule has 0 saturated carbocycles. The van der Waals surface area contributed by atoms with Crippen LogP contribution in [-0.2, 0) is 0 Å². The molecule has 1 atom stereocenters. The predicted octanol–water partition coefficient (Wildman–Crippen LogP) is 4.54. The third kappa shape index (κ3) is 2.45. The van der Waals surface area contributed by atoms with E-state index >= 15 is 0 Å². The van der Waals surface area contributed by atoms with Crippen molar-refractivity contribution in [3.8, 4) is 0 Å². The van der Waals surface area contributed by atoms with E-state index in [1.807, 2.05) is 0 Å². The molecule has 0 aliphatic rings. The Morgan fingerprint density at radius 3 is 2.62 bits per heavy atom. The Morgan fingerprint density at radius 1 is 1.19 bits per heavy atom. The zero-order valence-corrected chi connectivity index (χ0v) is 10.8. The third-order valence-corrected chi connectivity index (χ3v) is 3.78. The van der Waals surface area contributed by atoms with E-state index in [9.17, 15) is 0 Å². The lowest BCUT2D eigenvalue weighted by Gasteiger charge is -2.16. The summed E-state index contributed by atoms with van der Waals surface area (Å²) in [7, 11) is 0. The van der Waals surface area contributed by atoms with Gasteiger partial charge in [0.25, 0.3) is 0 Å². The summed E-state index contributed by atoms with van der Waals surface area (Å²) < 4.78 is 0. The maximum atomic E-state index is 3.55. The molecular formula is C14H17NS. The first-order chi connectivity index (χ1) is 7.66. The fraction of sp³-hybridized carbons (Fsp3) is 0.286. The Morgan fingerprint density at radius 2 is 2.00 bits per heavy atom. The molecule has 0 radical (unpaired) electrons. The largest absolute Gasteiger partial charge is 0.377 e. The second-order valence-electron chi connectivity index (χ2n) is 4.20. The van der Waals surface area contributed by atoms with E-state index in [2.05, 4.69) is 61.8 Å². The SMILES string of the molecule is Cc1ccc(NC(C)c2cccs2)c(C)c1. The van der Waals surface area contributed by atoms with Crippen molar-refractivity contribution in [2.45, 2.75) is 26.8 Å². The third-order valence-electron chi connectivity index (χ3n) is 2.72. The second kappa shape index (κ2) is 4.71. The lowest BCUT2D eigenvalue weighted by molar-refractivity contribution is 0.905. The average Bonchev–Trinajstić information content (AvgIpc) is 2.75. The number of aryl methyl sites for hydroxylation is 2. The van der Waals surface area contributed by atoms with Gasteiger partial charge in [-0.2, -0.15) is 0 Å². The molecule has 0 saturated heterocycles. The number of rotatable bonds is 3. The molecule has 84 valence electrons. The molecule has 1 unspecified atom stereocenters. The molecule has 0 bridgehead atoms. The van der Waals surface area contributed by atoms with Gasteiger partial charge in [0.15, 0.2) is 0 Å². The highest BCUT2D eigenvalue weighted by Crippen LogP contribution is 2.25. The molecule has 0 spiro atoms. The first kappa shape index (κ1) is 11.2. The normalized spacial score (nSPS) is 12.4. The van der Waals surface area contributed by atoms with Crippen LogP contribution in [0, 0.1) is 13.8 Å². The molecule has 0 aliphatic carbocycles. The van der Waals surface area contributed by atoms with E-state index in [0.29, 0.717) is 6.04 Å². The molecule has 0 fully saturated rings. The summed E-state index contributed by atoms with van der Waals surface area (Å²) in [6.07, 6.45) is 0. The molecule has 0 amide bonds. The molecular weight excluding hydrogens is 214 g/mol. The van der Waals surface area contributed by atoms with E-state index in [1.165, 1.54) is 21.7 Å². The fourth-order valence-electron chi connectivity index (χ4n) is 1.82. The van der Waals surface area contributed by atoms with Crippen molar-refractivity contribution in [1.82, 2.24) is 0 Å². The number of nitrogens with one attached hydrogen (secondary N) is 1. The quantitative estimate of drug-likeness (QED) is 0.818. The minimum atomic E-state index is 0.376. The van der Waals surface area contributed by atoms with Crippen LogP contribution in [0.25, 0.3) is 0 Å². The van der Waals surface area contributed by atoms with Gasteiger partial charge >= 0.3 is 0 Å². The molecule has 1 aromatic carbocycles. The molecule has 2 rings (SSSR count). The minimum Gasteiger partial charge on any atom is -0.377 e. The lowest BCUT2D eigenvalue weighted by Crippen LogP contribution is -2.06. The number of benzene rings is 1. The average molecular weight is 231 g/mol. The summed E-state index contributed by atoms with van der Waals surface area (Å²) in [5, 5.41) is 5.67. The second-order valence-corrected chi connectivity index (χ2v) is 5.18. The van der Waals surface area contributed by atoms with Gasteiger partial charge in [-0.1, -0.05) is 23.8 Å². The van der Waals surface area contributed by atoms with Gasteiger partial charge in [-0.25, -0.2) is 0 Å². The summed E-state index contributed by atoms with van der Waals surface area (Å²) in [5.74, 6) is 0. The topological polar surface area (TPSA) is 12.0 Å². The summed E-state index contributed by atoms with van der Waals surface area (Å²) in [4.78, 5) is 1.37. The van der Waals surface area contributed by atoms with Crippen molar-refractivity contribution in [2.24, 2.45) is 0 Å². The zero-order chi connectivity index (χ0) is 11.5. The molecule has 1 nitrogen and oxygen atoms in total. The van der Waals surface area contributed by atoms with E-state index in [1.54, 1.807) is 11.3 Å². The molecule has 2 heteroatoms. The summed E-state index contributed by atoms with van der Waals surface area (Å²) in [6, 6.07) is 11.2. The van der Waals surface area contributed by atoms with Crippen molar-refractivity contribution in [3.63, 3.8) is 0 Å². The van der Waals surface area contributed by atoms with Crippen LogP contribution in [0.5, 0.6) is 0 Å². The molecule has 16 heavy (non-hydrogen) atoms. The van der Waals surface area contributed by atoms with Crippen LogP contribution < -0.4 is 5.32 Å². The van der Waals surface area contributed by atoms with E-state index in [4.69, 9.17) is 0 Å². The highest BCUT2D eigenvalue weighted by atomic mass is 32.1. The monoisotopic (exact) mass is 231 g/mol. The van der Waals surface area contributed by atoms with Crippen LogP contribution in [0.3, 0.4) is 0 Å². The van der Waals surface area contributed by atoms with Crippen molar-refractivity contribution >= 4 is 17.0 Å². The van der Waals surface area contributed by atoms with Gasteiger partial charge in [0.05, 0.1) is 6.04 Å². The summed E-state index contributed by atoms with van der Waals surface area (Å²) in [5.41, 5.74) is 3.85. The van der Waals surface area contributed by atoms with Crippen molar-refractivity contribution in [2.75, 3.05) is 5.32 Å². The Labute approximate surface area is 101 Å². The number of hydrogen-bond acceptors (Lipinski definition) is 2. The van der Waals surface area contributed by atoms with Crippen LogP contribution in [0.15, 0.2) is 35.7 Å². The fourth-order valence-corrected chi connectivity index (χ4v) is 2.55. The van der Waals surface area contributed by atoms with Crippen LogP contribution in [0.4, 0.5) is 5.69 Å². The van der Waals surface area contributed by atoms with Crippen molar-refractivity contribution in [3.05, 3.63) is 51.7 Å². The highest BCUT2D eigenvalue weighted by Gasteiger charge is 2.07. The van der Waals surface area contributed by atoms with Crippen LogP contribution in [0.2, 0.25) is 0 Å². The van der Waals surface area contributed by atoms with Crippen molar-refractivity contribution < 1.29 is 0 Å². The van der Waals surface area contributed by atoms with Gasteiger partial charge in [0.1, 0.15) is 0 Å². The Bertz CT molecular complexity index is 460. The van der Waals surface area contributed by atoms with Crippen LogP contribution >= 0.6 is 11.3 Å². The number of thiophene rings is 1. The van der Waals surface area contributed by atoms with Gasteiger partial charge in [-0.05, 0) is 43.8 Å². The van der Waals surface area contributed by atoms with Gasteiger partial charge in [0.2, 0.25) is 0 Å². The van der Waals surface area contributed by atoms with Gasteiger partial charge < -0.3 is 5.32 Å². The van der Waals surface area contributed by atoms with Gasteiger partial charge in [-0.3, -0.25) is 0 Å². The molecule has 1 heterocycles. The van der Waals surface area contributed by atoms with E-state index in [-0.39, 0.29) is 0 Å². The van der Waals surface area contributed by atoms with Gasteiger partial charge in [-0.15, -0.1) is 11.3 Å². The highest BCUT2D eigenvalue weighted by molar-refractivity contribution is 7.10. The minimum absolute atomic E-state index is 0.376. The molecule has 2 aromatic rings. The summed E-state index contributed by atoms with van der Waals surface area (Å²) >= 11 is 1.80. The molecule has 0 aliphatic heterocycles. The van der Waals surface area contributed by atoms with E-state index in [0.717, 1.165) is 0 Å². The molecule has 1 N–H and O–H groups in total. The lowest BCUT2D eigenvalue weighted by atomic mass is 10.1. The maximum absolute atomic E-state index is 3.55. The van der Waals surface area contributed by atoms with Gasteiger partial charge in [0, 0.05) is 10.6 Å². The summed E-state index contributed by atoms with van der Waals surface area (Å²) in [6.45, 7) is 6.47. The first-order valence-electron chi connectivity index (χ1n) is 5.54. The standard InChI is InChI=1S/C14H17NS/c1-10-6-7-13(11(2)9-10)15-12(3)14-5-4-8-16-14/h4-9,12,15H,1-3H3. The maximum Gasteiger partial charge on any atom is 0.0578 e. The van der Waals surface area contributed by atoms with Crippen LogP contribution in [0.1, 0.15) is 29.0 Å². The predicted molar refractivity (Wildman–Crippen MR) is 72.3 cm³/mol. The zero-order valence-electron chi connectivity index (χ0n) is 9.95. The first-order valence-corrected chi connectivity index (χ1v) is 6.42. The van der Waals surface area contributed by atoms with Crippen LogP contribution in [-0.4, -0.2) is 0 Å². The number of hydrogen-bond donors (Lipinski definition) is 1. The van der Waals surface area contributed by atoms with Crippen molar-refractivity contribution in [1.29, 1.82) is 0 Å². The Hall–Kier alpha value is -1.28. The molecule has 1 aromatic heterocycles.